The van der Waals surface area contributed by atoms with Crippen LogP contribution in [0.15, 0.2) is 54.7 Å². The zero-order valence-electron chi connectivity index (χ0n) is 31.8. The Kier molecular flexibility index (Phi) is 11.1. The van der Waals surface area contributed by atoms with Crippen molar-refractivity contribution in [1.82, 2.24) is 20.1 Å². The molecule has 57 heavy (non-hydrogen) atoms. The van der Waals surface area contributed by atoms with Crippen LogP contribution in [0.25, 0.3) is 0 Å². The molecule has 0 bridgehead atoms. The van der Waals surface area contributed by atoms with Crippen LogP contribution < -0.4 is 25.3 Å². The molecule has 1 aromatic heterocycles. The summed E-state index contributed by atoms with van der Waals surface area (Å²) in [4.78, 5) is 78.4. The summed E-state index contributed by atoms with van der Waals surface area (Å²) >= 11 is 6.23. The molecule has 0 spiro atoms. The minimum atomic E-state index is -0.968. The van der Waals surface area contributed by atoms with Crippen molar-refractivity contribution in [3.8, 4) is 6.07 Å². The predicted molar refractivity (Wildman–Crippen MR) is 215 cm³/mol. The monoisotopic (exact) mass is 791 g/mol. The number of piperazine rings is 1. The fourth-order valence-corrected chi connectivity index (χ4v) is 9.01. The van der Waals surface area contributed by atoms with Gasteiger partial charge in [0, 0.05) is 76.1 Å². The zero-order valence-corrected chi connectivity index (χ0v) is 32.5. The minimum Gasteiger partial charge on any atom is -0.371 e. The lowest BCUT2D eigenvalue weighted by atomic mass is 9.93. The summed E-state index contributed by atoms with van der Waals surface area (Å²) in [5.74, 6) is -0.843. The van der Waals surface area contributed by atoms with E-state index in [0.29, 0.717) is 33.4 Å². The van der Waals surface area contributed by atoms with Crippen molar-refractivity contribution in [1.29, 1.82) is 5.26 Å². The van der Waals surface area contributed by atoms with Crippen LogP contribution in [0.2, 0.25) is 5.02 Å². The Bertz CT molecular complexity index is 2100. The largest absolute Gasteiger partial charge is 0.371 e. The molecule has 5 aliphatic heterocycles. The molecule has 6 heterocycles. The average molecular weight is 792 g/mol. The highest BCUT2D eigenvalue weighted by atomic mass is 35.5. The molecule has 2 N–H and O–H groups in total. The molecule has 0 aliphatic carbocycles. The Labute approximate surface area is 336 Å². The van der Waals surface area contributed by atoms with Crippen molar-refractivity contribution in [2.45, 2.75) is 51.0 Å². The van der Waals surface area contributed by atoms with Gasteiger partial charge >= 0.3 is 0 Å². The summed E-state index contributed by atoms with van der Waals surface area (Å²) in [6.07, 6.45) is 6.92. The lowest BCUT2D eigenvalue weighted by molar-refractivity contribution is -0.136. The fourth-order valence-electron chi connectivity index (χ4n) is 8.80. The summed E-state index contributed by atoms with van der Waals surface area (Å²) in [6.45, 7) is 7.89. The predicted octanol–water partition coefficient (Wildman–Crippen LogP) is 4.29. The number of aromatic nitrogens is 1. The third-order valence-corrected chi connectivity index (χ3v) is 12.6. The van der Waals surface area contributed by atoms with E-state index in [-0.39, 0.29) is 30.6 Å². The lowest BCUT2D eigenvalue weighted by Crippen LogP contribution is -2.54. The number of hydrogen-bond donors (Lipinski definition) is 2. The van der Waals surface area contributed by atoms with Gasteiger partial charge < -0.3 is 20.0 Å². The standard InChI is InChI=1S/C42H46ClN9O5/c43-35-24-31(2-1-29(35)25-44)49-17-12-28(13-18-49)39(54)46-37-7-4-32(26-45-37)50-15-10-27(11-16-50)9-14-48-19-21-51(22-20-48)30-3-5-33-34(23-30)42(57)52(41(33)56)36-6-8-38(53)47-40(36)55/h1-5,7,23-24,26-28,36H,6,8-22H2,(H,45,46,54)(H,47,53,55). The Morgan fingerprint density at radius 3 is 2.12 bits per heavy atom. The van der Waals surface area contributed by atoms with Crippen LogP contribution in [0.4, 0.5) is 22.9 Å². The number of rotatable bonds is 9. The molecule has 1 unspecified atom stereocenters. The van der Waals surface area contributed by atoms with Crippen molar-refractivity contribution in [2.75, 3.05) is 78.9 Å². The number of nitrogens with zero attached hydrogens (tertiary/aromatic N) is 7. The molecule has 296 valence electrons. The third kappa shape index (κ3) is 8.17. The normalized spacial score (nSPS) is 21.1. The molecule has 3 aromatic rings. The van der Waals surface area contributed by atoms with Gasteiger partial charge in [0.25, 0.3) is 11.8 Å². The number of nitriles is 1. The highest BCUT2D eigenvalue weighted by molar-refractivity contribution is 6.32. The molecule has 2 aromatic carbocycles. The van der Waals surface area contributed by atoms with E-state index in [4.69, 9.17) is 16.9 Å². The van der Waals surface area contributed by atoms with Crippen LogP contribution in [-0.2, 0) is 14.4 Å². The number of carbonyl (C=O) groups is 5. The summed E-state index contributed by atoms with van der Waals surface area (Å²) in [6, 6.07) is 15.8. The highest BCUT2D eigenvalue weighted by Crippen LogP contribution is 2.32. The number of amides is 5. The number of pyridine rings is 1. The number of nitrogens with one attached hydrogen (secondary N) is 2. The molecular formula is C42H46ClN9O5. The van der Waals surface area contributed by atoms with Gasteiger partial charge in [-0.15, -0.1) is 0 Å². The Balaban J connectivity index is 0.743. The SMILES string of the molecule is N#Cc1ccc(N2CCC(C(=O)Nc3ccc(N4CCC(CCN5CCN(c6ccc7c(c6)C(=O)N(C6CCC(=O)NC6=O)C7=O)CC5)CC4)cn3)CC2)cc1Cl. The van der Waals surface area contributed by atoms with Gasteiger partial charge in [-0.3, -0.25) is 39.1 Å². The van der Waals surface area contributed by atoms with Crippen LogP contribution in [0.5, 0.6) is 0 Å². The molecule has 5 aliphatic rings. The highest BCUT2D eigenvalue weighted by Gasteiger charge is 2.45. The van der Waals surface area contributed by atoms with Crippen LogP contribution in [0.1, 0.15) is 71.2 Å². The Morgan fingerprint density at radius 2 is 1.44 bits per heavy atom. The maximum absolute atomic E-state index is 13.3. The van der Waals surface area contributed by atoms with Crippen molar-refractivity contribution in [3.63, 3.8) is 0 Å². The molecule has 4 fully saturated rings. The van der Waals surface area contributed by atoms with Crippen molar-refractivity contribution in [2.24, 2.45) is 11.8 Å². The van der Waals surface area contributed by atoms with Gasteiger partial charge in [0.1, 0.15) is 17.9 Å². The number of piperidine rings is 3. The smallest absolute Gasteiger partial charge is 0.262 e. The van der Waals surface area contributed by atoms with E-state index in [1.54, 1.807) is 18.2 Å². The topological polar surface area (TPSA) is 162 Å². The number of halogens is 1. The first kappa shape index (κ1) is 38.4. The number of hydrogen-bond acceptors (Lipinski definition) is 11. The summed E-state index contributed by atoms with van der Waals surface area (Å²) < 4.78 is 0. The van der Waals surface area contributed by atoms with Gasteiger partial charge in [-0.2, -0.15) is 5.26 Å². The molecule has 8 rings (SSSR count). The first-order valence-electron chi connectivity index (χ1n) is 19.9. The quantitative estimate of drug-likeness (QED) is 0.298. The van der Waals surface area contributed by atoms with E-state index in [1.165, 1.54) is 0 Å². The molecule has 15 heteroatoms. The molecule has 0 saturated carbocycles. The van der Waals surface area contributed by atoms with E-state index in [0.717, 1.165) is 113 Å². The van der Waals surface area contributed by atoms with Gasteiger partial charge in [0.2, 0.25) is 17.7 Å². The second kappa shape index (κ2) is 16.5. The van der Waals surface area contributed by atoms with E-state index in [9.17, 15) is 24.0 Å². The number of imide groups is 2. The van der Waals surface area contributed by atoms with Crippen LogP contribution >= 0.6 is 11.6 Å². The number of benzene rings is 2. The molecule has 4 saturated heterocycles. The first-order valence-corrected chi connectivity index (χ1v) is 20.3. The average Bonchev–Trinajstić information content (AvgIpc) is 3.48. The van der Waals surface area contributed by atoms with E-state index < -0.39 is 23.8 Å². The molecule has 0 radical (unpaired) electrons. The van der Waals surface area contributed by atoms with E-state index >= 15 is 0 Å². The minimum absolute atomic E-state index is 0.00696. The third-order valence-electron chi connectivity index (χ3n) is 12.3. The molecule has 14 nitrogen and oxygen atoms in total. The van der Waals surface area contributed by atoms with Gasteiger partial charge in [-0.05, 0) is 99.5 Å². The first-order chi connectivity index (χ1) is 27.6. The van der Waals surface area contributed by atoms with Crippen molar-refractivity contribution >= 4 is 64.0 Å². The van der Waals surface area contributed by atoms with E-state index in [1.807, 2.05) is 36.5 Å². The van der Waals surface area contributed by atoms with Crippen molar-refractivity contribution < 1.29 is 24.0 Å². The van der Waals surface area contributed by atoms with Gasteiger partial charge in [-0.25, -0.2) is 4.98 Å². The summed E-state index contributed by atoms with van der Waals surface area (Å²) in [7, 11) is 0. The Morgan fingerprint density at radius 1 is 0.789 bits per heavy atom. The molecule has 5 amide bonds. The van der Waals surface area contributed by atoms with Crippen LogP contribution in [0.3, 0.4) is 0 Å². The number of carbonyl (C=O) groups excluding carboxylic acids is 5. The summed E-state index contributed by atoms with van der Waals surface area (Å²) in [5, 5.41) is 14.8. The zero-order chi connectivity index (χ0) is 39.6. The van der Waals surface area contributed by atoms with Crippen LogP contribution in [-0.4, -0.2) is 109 Å². The maximum atomic E-state index is 13.3. The van der Waals surface area contributed by atoms with Crippen LogP contribution in [0, 0.1) is 23.2 Å². The van der Waals surface area contributed by atoms with Gasteiger partial charge in [0.05, 0.1) is 33.6 Å². The number of anilines is 4. The maximum Gasteiger partial charge on any atom is 0.262 e. The second-order valence-electron chi connectivity index (χ2n) is 15.7. The van der Waals surface area contributed by atoms with E-state index in [2.05, 4.69) is 41.3 Å². The van der Waals surface area contributed by atoms with Gasteiger partial charge in [0.15, 0.2) is 0 Å². The second-order valence-corrected chi connectivity index (χ2v) is 16.1. The fraction of sp³-hybridized carbons (Fsp3) is 0.452. The molecule has 1 atom stereocenters. The Hall–Kier alpha value is -5.52. The van der Waals surface area contributed by atoms with Crippen molar-refractivity contribution in [3.05, 3.63) is 76.4 Å². The van der Waals surface area contributed by atoms with Gasteiger partial charge in [-0.1, -0.05) is 11.6 Å². The lowest BCUT2D eigenvalue weighted by Gasteiger charge is -2.38. The number of fused-ring (bicyclic) bond motifs is 1. The summed E-state index contributed by atoms with van der Waals surface area (Å²) in [5.41, 5.74) is 3.99. The molecular weight excluding hydrogens is 746 g/mol.